The number of nitrogens with two attached hydrogens (primary N) is 1. The van der Waals surface area contributed by atoms with Crippen molar-refractivity contribution in [1.82, 2.24) is 14.9 Å². The number of allylic oxidation sites excluding steroid dienone is 1. The van der Waals surface area contributed by atoms with Crippen LogP contribution in [0, 0.1) is 0 Å². The maximum atomic E-state index is 13.2. The van der Waals surface area contributed by atoms with Gasteiger partial charge >= 0.3 is 6.03 Å². The van der Waals surface area contributed by atoms with Crippen LogP contribution in [0.2, 0.25) is 0 Å². The van der Waals surface area contributed by atoms with Gasteiger partial charge < -0.3 is 5.73 Å². The fraction of sp³-hybridized carbons (Fsp3) is 0.444. The molecular formula is C18H22N4O3S2. The Hall–Kier alpha value is -2.13. The zero-order valence-corrected chi connectivity index (χ0v) is 16.8. The van der Waals surface area contributed by atoms with Crippen molar-refractivity contribution in [1.29, 1.82) is 0 Å². The number of carbonyl (C=O) groups excluding carboxylic acids is 2. The molecule has 0 spiro atoms. The topological polar surface area (TPSA) is 107 Å². The van der Waals surface area contributed by atoms with E-state index in [0.717, 1.165) is 47.8 Å². The summed E-state index contributed by atoms with van der Waals surface area (Å²) < 4.78 is 1.55. The molecule has 2 aromatic heterocycles. The number of thiophene rings is 1. The molecule has 9 heteroatoms. The van der Waals surface area contributed by atoms with Crippen LogP contribution in [0.1, 0.15) is 36.6 Å². The Bertz CT molecular complexity index is 964. The van der Waals surface area contributed by atoms with Crippen molar-refractivity contribution in [3.8, 4) is 0 Å². The number of thioether (sulfide) groups is 1. The molecule has 0 fully saturated rings. The van der Waals surface area contributed by atoms with Gasteiger partial charge in [-0.3, -0.25) is 19.5 Å². The number of hydrogen-bond acceptors (Lipinski definition) is 6. The minimum absolute atomic E-state index is 0.0932. The van der Waals surface area contributed by atoms with Crippen LogP contribution >= 0.6 is 23.1 Å². The predicted molar refractivity (Wildman–Crippen MR) is 108 cm³/mol. The number of primary amides is 1. The van der Waals surface area contributed by atoms with Crippen molar-refractivity contribution in [2.75, 3.05) is 0 Å². The van der Waals surface area contributed by atoms with Crippen LogP contribution in [0.5, 0.6) is 0 Å². The number of carbonyl (C=O) groups is 2. The summed E-state index contributed by atoms with van der Waals surface area (Å²) in [6.07, 6.45) is 6.92. The molecule has 2 aromatic rings. The molecular weight excluding hydrogens is 384 g/mol. The fourth-order valence-corrected chi connectivity index (χ4v) is 5.43. The lowest BCUT2D eigenvalue weighted by Gasteiger charge is -2.14. The second kappa shape index (κ2) is 8.26. The molecule has 3 rings (SSSR count). The van der Waals surface area contributed by atoms with Gasteiger partial charge in [0.2, 0.25) is 5.91 Å². The first-order chi connectivity index (χ1) is 12.9. The van der Waals surface area contributed by atoms with Crippen molar-refractivity contribution in [2.45, 2.75) is 56.0 Å². The number of nitrogens with one attached hydrogen (secondary N) is 1. The molecule has 2 heterocycles. The number of urea groups is 1. The van der Waals surface area contributed by atoms with E-state index in [-0.39, 0.29) is 5.56 Å². The molecule has 0 saturated carbocycles. The molecule has 27 heavy (non-hydrogen) atoms. The van der Waals surface area contributed by atoms with Gasteiger partial charge in [-0.2, -0.15) is 0 Å². The molecule has 1 unspecified atom stereocenters. The number of rotatable bonds is 5. The molecule has 3 amide bonds. The normalized spacial score (nSPS) is 15.0. The number of fused-ring (bicyclic) bond motifs is 3. The lowest BCUT2D eigenvalue weighted by atomic mass is 10.1. The second-order valence-corrected chi connectivity index (χ2v) is 8.85. The summed E-state index contributed by atoms with van der Waals surface area (Å²) in [7, 11) is 0. The molecule has 0 bridgehead atoms. The standard InChI is InChI=1S/C18H22N4O3S2/c1-3-9-22-16(24)13-11-7-5-4-6-8-12(11)27-15(13)21-18(22)26-10(2)14(23)20-17(19)25/h3,10H,1,4-9H2,2H3,(H3,19,20,23,25). The first-order valence-electron chi connectivity index (χ1n) is 8.85. The maximum Gasteiger partial charge on any atom is 0.318 e. The third kappa shape index (κ3) is 4.08. The Balaban J connectivity index is 2.06. The monoisotopic (exact) mass is 406 g/mol. The van der Waals surface area contributed by atoms with E-state index in [2.05, 4.69) is 11.9 Å². The summed E-state index contributed by atoms with van der Waals surface area (Å²) in [5.41, 5.74) is 6.05. The van der Waals surface area contributed by atoms with Gasteiger partial charge in [-0.1, -0.05) is 24.3 Å². The van der Waals surface area contributed by atoms with Crippen molar-refractivity contribution >= 4 is 45.3 Å². The van der Waals surface area contributed by atoms with Crippen LogP contribution in [0.4, 0.5) is 4.79 Å². The van der Waals surface area contributed by atoms with Gasteiger partial charge in [-0.05, 0) is 38.2 Å². The van der Waals surface area contributed by atoms with E-state index < -0.39 is 17.2 Å². The number of nitrogens with zero attached hydrogens (tertiary/aromatic N) is 2. The van der Waals surface area contributed by atoms with Crippen molar-refractivity contribution in [2.24, 2.45) is 5.73 Å². The molecule has 144 valence electrons. The average molecular weight is 407 g/mol. The van der Waals surface area contributed by atoms with E-state index in [1.807, 2.05) is 0 Å². The number of imide groups is 1. The number of amides is 3. The van der Waals surface area contributed by atoms with Gasteiger partial charge in [-0.15, -0.1) is 17.9 Å². The first-order valence-corrected chi connectivity index (χ1v) is 10.5. The minimum atomic E-state index is -0.902. The molecule has 7 nitrogen and oxygen atoms in total. The van der Waals surface area contributed by atoms with Crippen LogP contribution in [-0.4, -0.2) is 26.7 Å². The van der Waals surface area contributed by atoms with Gasteiger partial charge in [0.05, 0.1) is 10.6 Å². The zero-order chi connectivity index (χ0) is 19.6. The Morgan fingerprint density at radius 1 is 1.41 bits per heavy atom. The Morgan fingerprint density at radius 3 is 2.85 bits per heavy atom. The van der Waals surface area contributed by atoms with Gasteiger partial charge in [0.1, 0.15) is 4.83 Å². The summed E-state index contributed by atoms with van der Waals surface area (Å²) >= 11 is 2.71. The molecule has 1 aliphatic carbocycles. The van der Waals surface area contributed by atoms with E-state index in [4.69, 9.17) is 10.7 Å². The lowest BCUT2D eigenvalue weighted by molar-refractivity contribution is -0.119. The van der Waals surface area contributed by atoms with Gasteiger partial charge in [-0.25, -0.2) is 9.78 Å². The highest BCUT2D eigenvalue weighted by molar-refractivity contribution is 8.00. The van der Waals surface area contributed by atoms with Crippen molar-refractivity contribution < 1.29 is 9.59 Å². The molecule has 1 aliphatic rings. The highest BCUT2D eigenvalue weighted by atomic mass is 32.2. The summed E-state index contributed by atoms with van der Waals surface area (Å²) in [5.74, 6) is -0.519. The number of hydrogen-bond donors (Lipinski definition) is 2. The molecule has 3 N–H and O–H groups in total. The molecule has 0 aliphatic heterocycles. The largest absolute Gasteiger partial charge is 0.351 e. The molecule has 0 saturated heterocycles. The second-order valence-electron chi connectivity index (χ2n) is 6.46. The smallest absolute Gasteiger partial charge is 0.318 e. The minimum Gasteiger partial charge on any atom is -0.351 e. The van der Waals surface area contributed by atoms with Crippen molar-refractivity contribution in [3.05, 3.63) is 33.4 Å². The highest BCUT2D eigenvalue weighted by Crippen LogP contribution is 2.34. The summed E-state index contributed by atoms with van der Waals surface area (Å²) in [6.45, 7) is 5.67. The van der Waals surface area contributed by atoms with E-state index in [0.29, 0.717) is 17.1 Å². The van der Waals surface area contributed by atoms with E-state index in [9.17, 15) is 14.4 Å². The third-order valence-electron chi connectivity index (χ3n) is 4.50. The van der Waals surface area contributed by atoms with Crippen molar-refractivity contribution in [3.63, 3.8) is 0 Å². The SMILES string of the molecule is C=CCn1c(SC(C)C(=O)NC(N)=O)nc2sc3c(c2c1=O)CCCCC3. The fourth-order valence-electron chi connectivity index (χ4n) is 3.21. The highest BCUT2D eigenvalue weighted by Gasteiger charge is 2.24. The third-order valence-corrected chi connectivity index (χ3v) is 6.78. The zero-order valence-electron chi connectivity index (χ0n) is 15.1. The number of aromatic nitrogens is 2. The van der Waals surface area contributed by atoms with Crippen LogP contribution < -0.4 is 16.6 Å². The van der Waals surface area contributed by atoms with E-state index in [1.54, 1.807) is 28.9 Å². The summed E-state index contributed by atoms with van der Waals surface area (Å²) in [6, 6.07) is -0.902. The summed E-state index contributed by atoms with van der Waals surface area (Å²) in [4.78, 5) is 42.8. The lowest BCUT2D eigenvalue weighted by Crippen LogP contribution is -2.39. The van der Waals surface area contributed by atoms with Gasteiger partial charge in [0.25, 0.3) is 5.56 Å². The Labute approximate surface area is 165 Å². The van der Waals surface area contributed by atoms with Crippen LogP contribution in [0.15, 0.2) is 22.6 Å². The number of aryl methyl sites for hydroxylation is 2. The first kappa shape index (κ1) is 19.6. The Kier molecular flexibility index (Phi) is 6.01. The average Bonchev–Trinajstić information content (AvgIpc) is 2.79. The van der Waals surface area contributed by atoms with Crippen LogP contribution in [0.25, 0.3) is 10.2 Å². The molecule has 0 radical (unpaired) electrons. The van der Waals surface area contributed by atoms with Crippen LogP contribution in [-0.2, 0) is 24.2 Å². The Morgan fingerprint density at radius 2 is 2.15 bits per heavy atom. The van der Waals surface area contributed by atoms with E-state index >= 15 is 0 Å². The van der Waals surface area contributed by atoms with E-state index in [1.165, 1.54) is 11.3 Å². The van der Waals surface area contributed by atoms with Gasteiger partial charge in [0, 0.05) is 11.4 Å². The quantitative estimate of drug-likeness (QED) is 0.343. The maximum absolute atomic E-state index is 13.2. The van der Waals surface area contributed by atoms with Crippen LogP contribution in [0.3, 0.4) is 0 Å². The predicted octanol–water partition coefficient (Wildman–Crippen LogP) is 2.59. The molecule has 1 atom stereocenters. The van der Waals surface area contributed by atoms with Gasteiger partial charge in [0.15, 0.2) is 5.16 Å². The summed E-state index contributed by atoms with van der Waals surface area (Å²) in [5, 5.41) is 2.58. The molecule has 0 aromatic carbocycles.